The van der Waals surface area contributed by atoms with Gasteiger partial charge < -0.3 is 9.47 Å². The first-order valence-corrected chi connectivity index (χ1v) is 11.2. The smallest absolute Gasteiger partial charge is 0.218 e. The maximum atomic E-state index is 6.00. The number of thiophene rings is 1. The molecule has 2 aliphatic heterocycles. The lowest BCUT2D eigenvalue weighted by Gasteiger charge is -2.06. The van der Waals surface area contributed by atoms with Crippen molar-refractivity contribution in [3.05, 3.63) is 47.5 Å². The third kappa shape index (κ3) is 3.12. The maximum absolute atomic E-state index is 6.00. The molecular formula is C24H26N2O2S. The summed E-state index contributed by atoms with van der Waals surface area (Å²) in [4.78, 5) is 9.72. The minimum Gasteiger partial charge on any atom is -0.475 e. The second kappa shape index (κ2) is 7.13. The molecule has 0 amide bonds. The molecule has 2 aliphatic rings. The Hall–Kier alpha value is -2.40. The molecule has 3 aromatic rings. The van der Waals surface area contributed by atoms with Gasteiger partial charge in [-0.15, -0.1) is 11.3 Å². The van der Waals surface area contributed by atoms with Crippen LogP contribution >= 0.6 is 11.3 Å². The van der Waals surface area contributed by atoms with Crippen LogP contribution in [0.25, 0.3) is 20.2 Å². The van der Waals surface area contributed by atoms with Gasteiger partial charge in [-0.1, -0.05) is 52.0 Å². The van der Waals surface area contributed by atoms with Crippen LogP contribution in [-0.2, 0) is 9.47 Å². The number of ether oxygens (including phenoxy) is 2. The van der Waals surface area contributed by atoms with E-state index in [2.05, 4.69) is 64.1 Å². The lowest BCUT2D eigenvalue weighted by atomic mass is 10.1. The molecule has 5 rings (SSSR count). The number of hydrogen-bond donors (Lipinski definition) is 0. The van der Waals surface area contributed by atoms with Crippen LogP contribution in [0.2, 0.25) is 0 Å². The molecule has 150 valence electrons. The Balaban J connectivity index is 1.65. The van der Waals surface area contributed by atoms with Gasteiger partial charge in [-0.3, -0.25) is 0 Å². The standard InChI is InChI=1S/C24H26N2O2S/c1-13(2)19-11-27-23(25-19)17-9-5-7-15-16-8-6-10-18(22(16)29-21(15)17)24-26-20(12-28-24)14(3)4/h5-10,13-14,19-20H,11-12H2,1-4H3/t19-,20-/m0/s1. The second-order valence-electron chi connectivity index (χ2n) is 8.58. The summed E-state index contributed by atoms with van der Waals surface area (Å²) in [6.45, 7) is 10.1. The summed E-state index contributed by atoms with van der Waals surface area (Å²) in [5.74, 6) is 2.51. The third-order valence-electron chi connectivity index (χ3n) is 5.87. The van der Waals surface area contributed by atoms with E-state index in [1.165, 1.54) is 20.2 Å². The molecule has 0 N–H and O–H groups in total. The summed E-state index contributed by atoms with van der Waals surface area (Å²) < 4.78 is 14.4. The van der Waals surface area contributed by atoms with Crippen molar-refractivity contribution < 1.29 is 9.47 Å². The molecule has 1 aromatic heterocycles. The van der Waals surface area contributed by atoms with Crippen LogP contribution in [0.15, 0.2) is 46.4 Å². The summed E-state index contributed by atoms with van der Waals surface area (Å²) in [6.07, 6.45) is 0. The number of rotatable bonds is 4. The molecular weight excluding hydrogens is 380 g/mol. The van der Waals surface area contributed by atoms with Gasteiger partial charge in [0.05, 0.1) is 23.2 Å². The number of hydrogen-bond acceptors (Lipinski definition) is 5. The van der Waals surface area contributed by atoms with E-state index in [4.69, 9.17) is 19.5 Å². The van der Waals surface area contributed by atoms with E-state index < -0.39 is 0 Å². The Labute approximate surface area is 175 Å². The Morgan fingerprint density at radius 1 is 0.759 bits per heavy atom. The summed E-state index contributed by atoms with van der Waals surface area (Å²) in [5.41, 5.74) is 2.18. The molecule has 2 atom stereocenters. The molecule has 0 radical (unpaired) electrons. The molecule has 0 saturated heterocycles. The van der Waals surface area contributed by atoms with Gasteiger partial charge in [-0.2, -0.15) is 0 Å². The molecule has 0 saturated carbocycles. The normalized spacial score (nSPS) is 21.7. The van der Waals surface area contributed by atoms with Gasteiger partial charge in [0, 0.05) is 20.2 Å². The number of aliphatic imine (C=N–C) groups is 2. The SMILES string of the molecule is CC(C)[C@@H]1COC(c2cccc3c2sc2c(C4=N[C@H](C(C)C)CO4)cccc23)=N1. The highest BCUT2D eigenvalue weighted by Gasteiger charge is 2.27. The topological polar surface area (TPSA) is 43.2 Å². The van der Waals surface area contributed by atoms with Crippen molar-refractivity contribution in [3.63, 3.8) is 0 Å². The summed E-state index contributed by atoms with van der Waals surface area (Å²) in [5, 5.41) is 2.48. The van der Waals surface area contributed by atoms with Crippen molar-refractivity contribution in [2.45, 2.75) is 39.8 Å². The Kier molecular flexibility index (Phi) is 4.58. The highest BCUT2D eigenvalue weighted by molar-refractivity contribution is 7.26. The molecule has 0 spiro atoms. The van der Waals surface area contributed by atoms with Crippen LogP contribution in [0.5, 0.6) is 0 Å². The van der Waals surface area contributed by atoms with E-state index >= 15 is 0 Å². The van der Waals surface area contributed by atoms with E-state index in [9.17, 15) is 0 Å². The highest BCUT2D eigenvalue weighted by Crippen LogP contribution is 2.39. The van der Waals surface area contributed by atoms with E-state index in [1.807, 2.05) is 0 Å². The molecule has 4 nitrogen and oxygen atoms in total. The quantitative estimate of drug-likeness (QED) is 0.561. The predicted molar refractivity (Wildman–Crippen MR) is 122 cm³/mol. The largest absolute Gasteiger partial charge is 0.475 e. The van der Waals surface area contributed by atoms with Gasteiger partial charge in [-0.25, -0.2) is 9.98 Å². The van der Waals surface area contributed by atoms with Gasteiger partial charge in [0.25, 0.3) is 0 Å². The molecule has 0 unspecified atom stereocenters. The highest BCUT2D eigenvalue weighted by atomic mass is 32.1. The molecule has 5 heteroatoms. The van der Waals surface area contributed by atoms with Crippen molar-refractivity contribution in [1.82, 2.24) is 0 Å². The monoisotopic (exact) mass is 406 g/mol. The van der Waals surface area contributed by atoms with Crippen molar-refractivity contribution in [1.29, 1.82) is 0 Å². The molecule has 29 heavy (non-hydrogen) atoms. The average Bonchev–Trinajstić information content (AvgIpc) is 3.44. The molecule has 2 aromatic carbocycles. The number of fused-ring (bicyclic) bond motifs is 3. The Morgan fingerprint density at radius 3 is 1.59 bits per heavy atom. The summed E-state index contributed by atoms with van der Waals surface area (Å²) >= 11 is 1.79. The second-order valence-corrected chi connectivity index (χ2v) is 9.60. The van der Waals surface area contributed by atoms with Crippen LogP contribution in [-0.4, -0.2) is 37.1 Å². The summed E-state index contributed by atoms with van der Waals surface area (Å²) in [7, 11) is 0. The first-order chi connectivity index (χ1) is 14.0. The van der Waals surface area contributed by atoms with Crippen LogP contribution in [0.3, 0.4) is 0 Å². The van der Waals surface area contributed by atoms with E-state index in [-0.39, 0.29) is 12.1 Å². The van der Waals surface area contributed by atoms with E-state index in [0.717, 1.165) is 22.9 Å². The van der Waals surface area contributed by atoms with Crippen LogP contribution in [0.4, 0.5) is 0 Å². The Morgan fingerprint density at radius 2 is 1.21 bits per heavy atom. The molecule has 0 fully saturated rings. The zero-order valence-corrected chi connectivity index (χ0v) is 18.1. The van der Waals surface area contributed by atoms with Gasteiger partial charge in [0.1, 0.15) is 13.2 Å². The molecule has 0 aliphatic carbocycles. The minimum atomic E-state index is 0.236. The first kappa shape index (κ1) is 18.6. The fourth-order valence-corrected chi connectivity index (χ4v) is 5.22. The fourth-order valence-electron chi connectivity index (χ4n) is 3.91. The fraction of sp³-hybridized carbons (Fsp3) is 0.417. The van der Waals surface area contributed by atoms with E-state index in [1.54, 1.807) is 11.3 Å². The predicted octanol–water partition coefficient (Wildman–Crippen LogP) is 5.66. The van der Waals surface area contributed by atoms with Gasteiger partial charge in [0.15, 0.2) is 0 Å². The lowest BCUT2D eigenvalue weighted by Crippen LogP contribution is -2.13. The van der Waals surface area contributed by atoms with Crippen LogP contribution in [0, 0.1) is 11.8 Å². The van der Waals surface area contributed by atoms with Crippen molar-refractivity contribution in [3.8, 4) is 0 Å². The zero-order valence-electron chi connectivity index (χ0n) is 17.3. The average molecular weight is 407 g/mol. The minimum absolute atomic E-state index is 0.236. The Bertz CT molecular complexity index is 1050. The lowest BCUT2D eigenvalue weighted by molar-refractivity contribution is 0.292. The van der Waals surface area contributed by atoms with Gasteiger partial charge in [0.2, 0.25) is 11.8 Å². The molecule has 3 heterocycles. The van der Waals surface area contributed by atoms with Crippen molar-refractivity contribution in [2.24, 2.45) is 21.8 Å². The van der Waals surface area contributed by atoms with E-state index in [0.29, 0.717) is 25.0 Å². The molecule has 0 bridgehead atoms. The van der Waals surface area contributed by atoms with Crippen LogP contribution in [0.1, 0.15) is 38.8 Å². The summed E-state index contributed by atoms with van der Waals surface area (Å²) in [6, 6.07) is 13.3. The van der Waals surface area contributed by atoms with Crippen LogP contribution < -0.4 is 0 Å². The van der Waals surface area contributed by atoms with Crippen molar-refractivity contribution in [2.75, 3.05) is 13.2 Å². The number of nitrogens with zero attached hydrogens (tertiary/aromatic N) is 2. The van der Waals surface area contributed by atoms with Gasteiger partial charge >= 0.3 is 0 Å². The number of benzene rings is 2. The zero-order chi connectivity index (χ0) is 20.1. The van der Waals surface area contributed by atoms with Crippen molar-refractivity contribution >= 4 is 43.3 Å². The first-order valence-electron chi connectivity index (χ1n) is 10.4. The maximum Gasteiger partial charge on any atom is 0.218 e. The van der Waals surface area contributed by atoms with Gasteiger partial charge in [-0.05, 0) is 24.0 Å². The third-order valence-corrected chi connectivity index (χ3v) is 7.16.